The Labute approximate surface area is 285 Å². The van der Waals surface area contributed by atoms with Crippen LogP contribution in [-0.4, -0.2) is 67.1 Å². The first-order chi connectivity index (χ1) is 22.7. The molecule has 3 aromatic rings. The van der Waals surface area contributed by atoms with E-state index in [9.17, 15) is 18.8 Å². The molecular formula is C37H43FN4O3S2. The van der Waals surface area contributed by atoms with E-state index in [0.717, 1.165) is 50.2 Å². The van der Waals surface area contributed by atoms with Gasteiger partial charge in [0.05, 0.1) is 6.04 Å². The number of likely N-dealkylation sites (tertiary alicyclic amines) is 1. The molecule has 3 aliphatic rings. The molecule has 10 heteroatoms. The van der Waals surface area contributed by atoms with Crippen LogP contribution in [0, 0.1) is 11.7 Å². The number of rotatable bonds is 8. The molecule has 3 atom stereocenters. The number of thioether (sulfide) groups is 2. The minimum absolute atomic E-state index is 0.0286. The molecule has 1 aromatic heterocycles. The Bertz CT molecular complexity index is 1620. The van der Waals surface area contributed by atoms with Gasteiger partial charge in [0.15, 0.2) is 16.0 Å². The van der Waals surface area contributed by atoms with E-state index in [1.807, 2.05) is 42.1 Å². The van der Waals surface area contributed by atoms with Crippen molar-refractivity contribution < 1.29 is 18.8 Å². The lowest BCUT2D eigenvalue weighted by Crippen LogP contribution is -2.43. The summed E-state index contributed by atoms with van der Waals surface area (Å²) in [6, 6.07) is 16.3. The Morgan fingerprint density at radius 3 is 2.23 bits per heavy atom. The lowest BCUT2D eigenvalue weighted by molar-refractivity contribution is -0.126. The van der Waals surface area contributed by atoms with E-state index in [-0.39, 0.29) is 33.0 Å². The van der Waals surface area contributed by atoms with Gasteiger partial charge in [-0.15, -0.1) is 0 Å². The Balaban J connectivity index is 0.000000216. The van der Waals surface area contributed by atoms with Crippen molar-refractivity contribution in [3.63, 3.8) is 0 Å². The van der Waals surface area contributed by atoms with Crippen LogP contribution in [0.2, 0.25) is 0 Å². The highest BCUT2D eigenvalue weighted by atomic mass is 32.2. The molecule has 248 valence electrons. The lowest BCUT2D eigenvalue weighted by atomic mass is 9.93. The second-order valence-electron chi connectivity index (χ2n) is 12.3. The van der Waals surface area contributed by atoms with Gasteiger partial charge in [-0.05, 0) is 61.1 Å². The molecule has 3 unspecified atom stereocenters. The zero-order valence-electron chi connectivity index (χ0n) is 27.2. The summed E-state index contributed by atoms with van der Waals surface area (Å²) < 4.78 is 16.6. The maximum absolute atomic E-state index is 14.7. The average molecular weight is 675 g/mol. The average Bonchev–Trinajstić information content (AvgIpc) is 3.83. The molecule has 0 amide bonds. The summed E-state index contributed by atoms with van der Waals surface area (Å²) in [5, 5.41) is 4.01. The molecule has 3 heterocycles. The molecule has 2 aromatic carbocycles. The van der Waals surface area contributed by atoms with Crippen LogP contribution < -0.4 is 5.32 Å². The quantitative estimate of drug-likeness (QED) is 0.282. The Hall–Kier alpha value is -3.31. The van der Waals surface area contributed by atoms with Crippen molar-refractivity contribution in [2.24, 2.45) is 13.0 Å². The SMILES string of the molecule is CC(=O)SC1CCN(C(C(=O)C2CC2)c2ccccc2F)C/C1=C\c1nccn1C.CC(=O)SC1CCNC/C1=C\c1ccccc1. The van der Waals surface area contributed by atoms with Gasteiger partial charge in [0.1, 0.15) is 11.6 Å². The Morgan fingerprint density at radius 1 is 0.915 bits per heavy atom. The summed E-state index contributed by atoms with van der Waals surface area (Å²) >= 11 is 2.78. The van der Waals surface area contributed by atoms with Gasteiger partial charge in [-0.1, -0.05) is 78.1 Å². The van der Waals surface area contributed by atoms with Gasteiger partial charge in [-0.25, -0.2) is 9.37 Å². The molecule has 3 fully saturated rings. The van der Waals surface area contributed by atoms with Crippen LogP contribution in [0.15, 0.2) is 78.1 Å². The van der Waals surface area contributed by atoms with E-state index >= 15 is 0 Å². The number of ketones is 1. The number of benzene rings is 2. The van der Waals surface area contributed by atoms with E-state index < -0.39 is 6.04 Å². The van der Waals surface area contributed by atoms with E-state index in [1.54, 1.807) is 38.2 Å². The first-order valence-corrected chi connectivity index (χ1v) is 18.0. The normalized spacial score (nSPS) is 22.4. The highest BCUT2D eigenvalue weighted by Crippen LogP contribution is 2.40. The van der Waals surface area contributed by atoms with Crippen molar-refractivity contribution in [1.29, 1.82) is 0 Å². The zero-order valence-corrected chi connectivity index (χ0v) is 28.9. The number of nitrogens with zero attached hydrogens (tertiary/aromatic N) is 3. The molecule has 1 N–H and O–H groups in total. The molecule has 47 heavy (non-hydrogen) atoms. The molecule has 1 saturated carbocycles. The topological polar surface area (TPSA) is 84.3 Å². The zero-order chi connectivity index (χ0) is 33.3. The molecular weight excluding hydrogens is 632 g/mol. The van der Waals surface area contributed by atoms with Crippen LogP contribution in [0.1, 0.15) is 62.5 Å². The van der Waals surface area contributed by atoms with Gasteiger partial charge in [-0.2, -0.15) is 0 Å². The number of piperidine rings is 2. The maximum Gasteiger partial charge on any atom is 0.186 e. The summed E-state index contributed by atoms with van der Waals surface area (Å²) in [5.74, 6) is 0.596. The third-order valence-electron chi connectivity index (χ3n) is 8.56. The van der Waals surface area contributed by atoms with Crippen LogP contribution in [0.4, 0.5) is 4.39 Å². The predicted octanol–water partition coefficient (Wildman–Crippen LogP) is 6.73. The maximum atomic E-state index is 14.7. The van der Waals surface area contributed by atoms with Crippen molar-refractivity contribution in [3.8, 4) is 0 Å². The number of hydrogen-bond donors (Lipinski definition) is 1. The van der Waals surface area contributed by atoms with E-state index in [1.165, 1.54) is 40.7 Å². The van der Waals surface area contributed by atoms with Gasteiger partial charge < -0.3 is 9.88 Å². The summed E-state index contributed by atoms with van der Waals surface area (Å²) in [5.41, 5.74) is 4.02. The van der Waals surface area contributed by atoms with Crippen molar-refractivity contribution in [2.45, 2.75) is 56.1 Å². The van der Waals surface area contributed by atoms with Crippen LogP contribution in [0.5, 0.6) is 0 Å². The van der Waals surface area contributed by atoms with Crippen LogP contribution in [-0.2, 0) is 21.4 Å². The number of hydrogen-bond acceptors (Lipinski definition) is 8. The monoisotopic (exact) mass is 674 g/mol. The van der Waals surface area contributed by atoms with Crippen molar-refractivity contribution in [2.75, 3.05) is 26.2 Å². The highest BCUT2D eigenvalue weighted by molar-refractivity contribution is 8.14. The number of aromatic nitrogens is 2. The number of carbonyl (C=O) groups excluding carboxylic acids is 3. The number of carbonyl (C=O) groups is 3. The van der Waals surface area contributed by atoms with E-state index in [2.05, 4.69) is 33.4 Å². The first kappa shape index (κ1) is 35.0. The van der Waals surface area contributed by atoms with E-state index in [0.29, 0.717) is 23.9 Å². The standard InChI is InChI=1S/C23H26FN3O2S.C14H17NOS/c1-15(28)30-20-9-11-27(14-17(20)13-21-25-10-12-26(21)2)22(23(29)16-7-8-16)18-5-3-4-6-19(18)24;1-11(16)17-14-7-8-15-10-13(14)9-12-5-3-2-4-6-12/h3-6,10,12-13,16,20,22H,7-9,11,14H2,1-2H3;2-6,9,14-15H,7-8,10H2,1H3/b17-13+;13-9+. The summed E-state index contributed by atoms with van der Waals surface area (Å²) in [4.78, 5) is 42.7. The highest BCUT2D eigenvalue weighted by Gasteiger charge is 2.41. The Kier molecular flexibility index (Phi) is 12.4. The number of aryl methyl sites for hydroxylation is 1. The molecule has 2 saturated heterocycles. The Morgan fingerprint density at radius 2 is 1.60 bits per heavy atom. The number of nitrogens with one attached hydrogen (secondary N) is 1. The summed E-state index contributed by atoms with van der Waals surface area (Å²) in [6.07, 6.45) is 11.3. The van der Waals surface area contributed by atoms with Gasteiger partial charge in [0.25, 0.3) is 0 Å². The first-order valence-electron chi connectivity index (χ1n) is 16.2. The van der Waals surface area contributed by atoms with Crippen LogP contribution in [0.25, 0.3) is 12.2 Å². The molecule has 0 bridgehead atoms. The minimum Gasteiger partial charge on any atom is -0.335 e. The molecule has 7 nitrogen and oxygen atoms in total. The number of Topliss-reactive ketones (excluding diaryl/α,β-unsaturated/α-hetero) is 1. The van der Waals surface area contributed by atoms with E-state index in [4.69, 9.17) is 0 Å². The van der Waals surface area contributed by atoms with Crippen LogP contribution in [0.3, 0.4) is 0 Å². The third kappa shape index (κ3) is 9.85. The fourth-order valence-electron chi connectivity index (χ4n) is 6.09. The molecule has 2 aliphatic heterocycles. The molecule has 0 spiro atoms. The number of halogens is 1. The fraction of sp³-hybridized carbons (Fsp3) is 0.405. The summed E-state index contributed by atoms with van der Waals surface area (Å²) in [6.45, 7) is 6.26. The second-order valence-corrected chi connectivity index (χ2v) is 15.0. The number of imidazole rings is 1. The molecule has 0 radical (unpaired) electrons. The van der Waals surface area contributed by atoms with Gasteiger partial charge in [0.2, 0.25) is 0 Å². The fourth-order valence-corrected chi connectivity index (χ4v) is 7.94. The third-order valence-corrected chi connectivity index (χ3v) is 10.9. The predicted molar refractivity (Wildman–Crippen MR) is 190 cm³/mol. The van der Waals surface area contributed by atoms with Gasteiger partial charge >= 0.3 is 0 Å². The molecule has 1 aliphatic carbocycles. The van der Waals surface area contributed by atoms with Crippen molar-refractivity contribution >= 4 is 51.7 Å². The summed E-state index contributed by atoms with van der Waals surface area (Å²) in [7, 11) is 1.92. The molecule has 6 rings (SSSR count). The van der Waals surface area contributed by atoms with Crippen molar-refractivity contribution in [3.05, 3.63) is 101 Å². The van der Waals surface area contributed by atoms with Crippen LogP contribution >= 0.6 is 23.5 Å². The lowest BCUT2D eigenvalue weighted by Gasteiger charge is -2.38. The smallest absolute Gasteiger partial charge is 0.186 e. The largest absolute Gasteiger partial charge is 0.335 e. The van der Waals surface area contributed by atoms with Gasteiger partial charge in [0, 0.05) is 74.9 Å². The minimum atomic E-state index is -0.591. The van der Waals surface area contributed by atoms with Gasteiger partial charge in [-0.3, -0.25) is 19.3 Å². The second kappa shape index (κ2) is 16.7. The van der Waals surface area contributed by atoms with Crippen molar-refractivity contribution in [1.82, 2.24) is 19.8 Å².